The predicted molar refractivity (Wildman–Crippen MR) is 158 cm³/mol. The molecular formula is C29H38Cl2N2O10. The van der Waals surface area contributed by atoms with E-state index < -0.39 is 54.9 Å². The van der Waals surface area contributed by atoms with Crippen LogP contribution in [0.5, 0.6) is 11.5 Å². The minimum atomic E-state index is -1.52. The molecule has 2 amide bonds. The maximum Gasteiger partial charge on any atom is 0.407 e. The van der Waals surface area contributed by atoms with Gasteiger partial charge in [0.1, 0.15) is 41.6 Å². The van der Waals surface area contributed by atoms with Gasteiger partial charge in [0, 0.05) is 13.7 Å². The number of carbonyl (C=O) groups is 2. The Morgan fingerprint density at radius 3 is 2.33 bits per heavy atom. The van der Waals surface area contributed by atoms with Crippen molar-refractivity contribution in [2.45, 2.75) is 77.1 Å². The highest BCUT2D eigenvalue weighted by Gasteiger charge is 2.45. The number of aliphatic hydroxyl groups excluding tert-OH is 3. The molecule has 14 heteroatoms. The van der Waals surface area contributed by atoms with E-state index in [2.05, 4.69) is 10.6 Å². The molecule has 1 saturated heterocycles. The molecule has 12 nitrogen and oxygen atoms in total. The minimum absolute atomic E-state index is 0.0270. The molecule has 0 spiro atoms. The number of nitrogens with one attached hydrogen (secondary N) is 2. The summed E-state index contributed by atoms with van der Waals surface area (Å²) in [6.45, 7) is 6.64. The summed E-state index contributed by atoms with van der Waals surface area (Å²) in [5.74, 6) is -0.678. The molecule has 1 aliphatic rings. The number of hydrogen-bond acceptors (Lipinski definition) is 10. The molecule has 2 aromatic carbocycles. The summed E-state index contributed by atoms with van der Waals surface area (Å²) in [7, 11) is 2.62. The van der Waals surface area contributed by atoms with E-state index in [0.717, 1.165) is 11.1 Å². The Kier molecular flexibility index (Phi) is 11.9. The Labute approximate surface area is 260 Å². The Bertz CT molecular complexity index is 1300. The monoisotopic (exact) mass is 644 g/mol. The van der Waals surface area contributed by atoms with Crippen LogP contribution in [0.2, 0.25) is 10.0 Å². The zero-order chi connectivity index (χ0) is 32.1. The number of benzene rings is 2. The fraction of sp³-hybridized carbons (Fsp3) is 0.517. The summed E-state index contributed by atoms with van der Waals surface area (Å²) in [4.78, 5) is 25.5. The summed E-state index contributed by atoms with van der Waals surface area (Å²) in [6.07, 6.45) is -5.82. The number of rotatable bonds is 10. The molecule has 43 heavy (non-hydrogen) atoms. The van der Waals surface area contributed by atoms with Crippen LogP contribution >= 0.6 is 23.2 Å². The summed E-state index contributed by atoms with van der Waals surface area (Å²) >= 11 is 13.2. The molecule has 2 aromatic rings. The lowest BCUT2D eigenvalue weighted by Gasteiger charge is -2.41. The third kappa shape index (κ3) is 8.42. The van der Waals surface area contributed by atoms with Gasteiger partial charge in [-0.15, -0.1) is 0 Å². The van der Waals surface area contributed by atoms with Crippen LogP contribution in [0.3, 0.4) is 0 Å². The van der Waals surface area contributed by atoms with Crippen LogP contribution < -0.4 is 20.1 Å². The molecule has 0 unspecified atom stereocenters. The minimum Gasteiger partial charge on any atom is -0.494 e. The largest absolute Gasteiger partial charge is 0.494 e. The van der Waals surface area contributed by atoms with Crippen molar-refractivity contribution in [2.24, 2.45) is 0 Å². The van der Waals surface area contributed by atoms with Gasteiger partial charge in [-0.05, 0) is 44.4 Å². The first-order valence-electron chi connectivity index (χ1n) is 13.4. The molecule has 238 valence electrons. The van der Waals surface area contributed by atoms with Gasteiger partial charge in [-0.25, -0.2) is 4.79 Å². The van der Waals surface area contributed by atoms with Crippen LogP contribution in [0.15, 0.2) is 24.3 Å². The average Bonchev–Trinajstić information content (AvgIpc) is 2.95. The highest BCUT2D eigenvalue weighted by atomic mass is 35.5. The molecule has 1 aliphatic heterocycles. The predicted octanol–water partition coefficient (Wildman–Crippen LogP) is 3.10. The number of methoxy groups -OCH3 is 2. The van der Waals surface area contributed by atoms with Crippen LogP contribution in [-0.2, 0) is 27.4 Å². The molecule has 0 saturated carbocycles. The van der Waals surface area contributed by atoms with Crippen LogP contribution in [0.4, 0.5) is 4.79 Å². The van der Waals surface area contributed by atoms with E-state index in [4.69, 9.17) is 46.9 Å². The van der Waals surface area contributed by atoms with Gasteiger partial charge >= 0.3 is 6.09 Å². The first-order valence-corrected chi connectivity index (χ1v) is 14.2. The number of ether oxygens (including phenoxy) is 5. The summed E-state index contributed by atoms with van der Waals surface area (Å²) in [5, 5.41) is 35.6. The standard InChI is InChI=1S/C29H38Cl2N2O10/c1-14-18(26(37)33-21-23(36)22(35)17(12-34)42-27(21)40-6)24(39-5)20(31)25(19(14)30)41-13-16-9-7-8-15(10-16)11-32-28(38)43-29(2,3)4/h7-10,17,21-23,27,34-36H,11-13H2,1-6H3,(H,32,38)(H,33,37)/t17-,21-,22-,23-,27+/m1/s1. The van der Waals surface area contributed by atoms with E-state index in [0.29, 0.717) is 0 Å². The van der Waals surface area contributed by atoms with E-state index in [9.17, 15) is 24.9 Å². The normalized spacial score (nSPS) is 22.1. The SMILES string of the molecule is COc1c(Cl)c(OCc2cccc(CNC(=O)OC(C)(C)C)c2)c(Cl)c(C)c1C(=O)N[C@H]1[C@@H](OC)O[C@H](CO)[C@@H](O)[C@@H]1O. The molecule has 0 bridgehead atoms. The van der Waals surface area contributed by atoms with Crippen molar-refractivity contribution in [2.75, 3.05) is 20.8 Å². The van der Waals surface area contributed by atoms with Gasteiger partial charge in [-0.1, -0.05) is 47.5 Å². The molecule has 1 fully saturated rings. The first kappa shape index (κ1) is 34.6. The number of hydrogen-bond donors (Lipinski definition) is 5. The second kappa shape index (κ2) is 14.8. The van der Waals surface area contributed by atoms with Crippen molar-refractivity contribution in [3.8, 4) is 11.5 Å². The van der Waals surface area contributed by atoms with Gasteiger partial charge < -0.3 is 49.6 Å². The van der Waals surface area contributed by atoms with Gasteiger partial charge in [-0.2, -0.15) is 0 Å². The third-order valence-electron chi connectivity index (χ3n) is 6.58. The lowest BCUT2D eigenvalue weighted by molar-refractivity contribution is -0.261. The highest BCUT2D eigenvalue weighted by molar-refractivity contribution is 6.39. The van der Waals surface area contributed by atoms with Gasteiger partial charge in [0.25, 0.3) is 5.91 Å². The molecule has 0 aromatic heterocycles. The molecule has 5 N–H and O–H groups in total. The molecule has 5 atom stereocenters. The lowest BCUT2D eigenvalue weighted by Crippen LogP contribution is -2.64. The van der Waals surface area contributed by atoms with Gasteiger partial charge in [0.05, 0.1) is 24.3 Å². The quantitative estimate of drug-likeness (QED) is 0.259. The Balaban J connectivity index is 1.79. The van der Waals surface area contributed by atoms with E-state index in [1.807, 2.05) is 24.3 Å². The summed E-state index contributed by atoms with van der Waals surface area (Å²) < 4.78 is 27.4. The zero-order valence-corrected chi connectivity index (χ0v) is 26.3. The first-order chi connectivity index (χ1) is 20.2. The zero-order valence-electron chi connectivity index (χ0n) is 24.8. The number of aliphatic hydroxyl groups is 3. The van der Waals surface area contributed by atoms with Crippen molar-refractivity contribution in [1.82, 2.24) is 10.6 Å². The topological polar surface area (TPSA) is 165 Å². The van der Waals surface area contributed by atoms with Crippen LogP contribution in [0, 0.1) is 6.92 Å². The molecule has 0 radical (unpaired) electrons. The Morgan fingerprint density at radius 2 is 1.72 bits per heavy atom. The second-order valence-corrected chi connectivity index (χ2v) is 11.7. The number of halogens is 2. The Morgan fingerprint density at radius 1 is 1.05 bits per heavy atom. The van der Waals surface area contributed by atoms with Crippen LogP contribution in [0.25, 0.3) is 0 Å². The fourth-order valence-electron chi connectivity index (χ4n) is 4.49. The molecule has 1 heterocycles. The van der Waals surface area contributed by atoms with E-state index in [1.165, 1.54) is 14.2 Å². The van der Waals surface area contributed by atoms with Crippen molar-refractivity contribution in [1.29, 1.82) is 0 Å². The lowest BCUT2D eigenvalue weighted by atomic mass is 9.96. The number of carbonyl (C=O) groups excluding carboxylic acids is 2. The molecule has 0 aliphatic carbocycles. The average molecular weight is 646 g/mol. The third-order valence-corrected chi connectivity index (χ3v) is 7.38. The smallest absolute Gasteiger partial charge is 0.407 e. The summed E-state index contributed by atoms with van der Waals surface area (Å²) in [5.41, 5.74) is 1.20. The van der Waals surface area contributed by atoms with E-state index >= 15 is 0 Å². The van der Waals surface area contributed by atoms with Gasteiger partial charge in [-0.3, -0.25) is 4.79 Å². The van der Waals surface area contributed by atoms with Crippen molar-refractivity contribution in [3.05, 3.63) is 56.6 Å². The van der Waals surface area contributed by atoms with Crippen molar-refractivity contribution >= 4 is 35.2 Å². The fourth-order valence-corrected chi connectivity index (χ4v) is 5.10. The highest BCUT2D eigenvalue weighted by Crippen LogP contribution is 2.45. The molecule has 3 rings (SSSR count). The van der Waals surface area contributed by atoms with Crippen LogP contribution in [0.1, 0.15) is 47.8 Å². The van der Waals surface area contributed by atoms with Gasteiger partial charge in [0.15, 0.2) is 17.8 Å². The Hall–Kier alpha value is -2.84. The maximum absolute atomic E-state index is 13.5. The van der Waals surface area contributed by atoms with Gasteiger partial charge in [0.2, 0.25) is 0 Å². The number of alkyl carbamates (subject to hydrolysis) is 1. The van der Waals surface area contributed by atoms with Crippen molar-refractivity contribution in [3.63, 3.8) is 0 Å². The maximum atomic E-state index is 13.5. The van der Waals surface area contributed by atoms with E-state index in [1.54, 1.807) is 27.7 Å². The van der Waals surface area contributed by atoms with E-state index in [-0.39, 0.29) is 45.8 Å². The second-order valence-electron chi connectivity index (χ2n) is 10.9. The van der Waals surface area contributed by atoms with Crippen molar-refractivity contribution < 1.29 is 48.6 Å². The molecular weight excluding hydrogens is 607 g/mol. The van der Waals surface area contributed by atoms with Crippen LogP contribution in [-0.4, -0.2) is 84.4 Å². The summed E-state index contributed by atoms with van der Waals surface area (Å²) in [6, 6.07) is 6.11. The number of amides is 2.